The summed E-state index contributed by atoms with van der Waals surface area (Å²) in [4.78, 5) is 14.3. The molecule has 2 aliphatic heterocycles. The number of nitrogens with zero attached hydrogens (tertiary/aromatic N) is 5. The number of hydrogen-bond donors (Lipinski definition) is 1. The van der Waals surface area contributed by atoms with Crippen LogP contribution in [0.15, 0.2) is 24.5 Å². The van der Waals surface area contributed by atoms with Crippen molar-refractivity contribution in [1.82, 2.24) is 24.5 Å². The minimum absolute atomic E-state index is 0.00175. The van der Waals surface area contributed by atoms with E-state index in [2.05, 4.69) is 15.5 Å². The third kappa shape index (κ3) is 4.57. The van der Waals surface area contributed by atoms with Gasteiger partial charge in [-0.3, -0.25) is 9.48 Å². The fraction of sp³-hybridized carbons (Fsp3) is 0.667. The van der Waals surface area contributed by atoms with Crippen LogP contribution in [-0.2, 0) is 11.3 Å². The molecule has 0 aromatic carbocycles. The highest BCUT2D eigenvalue weighted by Gasteiger charge is 2.48. The van der Waals surface area contributed by atoms with E-state index in [-0.39, 0.29) is 36.2 Å². The highest BCUT2D eigenvalue weighted by atomic mass is 19.4. The normalized spacial score (nSPS) is 22.8. The lowest BCUT2D eigenvalue weighted by Gasteiger charge is -2.39. The van der Waals surface area contributed by atoms with E-state index in [4.69, 9.17) is 0 Å². The van der Waals surface area contributed by atoms with Gasteiger partial charge in [-0.2, -0.15) is 23.4 Å². The molecule has 0 saturated carbocycles. The van der Waals surface area contributed by atoms with Gasteiger partial charge in [-0.05, 0) is 30.7 Å². The van der Waals surface area contributed by atoms with E-state index in [1.165, 1.54) is 0 Å². The molecule has 2 aliphatic rings. The second-order valence-corrected chi connectivity index (χ2v) is 9.61. The lowest BCUT2D eigenvalue weighted by Crippen LogP contribution is -2.44. The monoisotopic (exact) mass is 438 g/mol. The zero-order valence-corrected chi connectivity index (χ0v) is 18.1. The molecule has 7 nitrogen and oxygen atoms in total. The Kier molecular flexibility index (Phi) is 5.51. The second-order valence-electron chi connectivity index (χ2n) is 9.61. The SMILES string of the molecule is CC(C)(C)[C@@H]1C[C@H](C(F)(F)F)n2nc(C3CCN(C(=O)Cn4cccn4)CC3)cc2N1. The molecule has 4 rings (SSSR count). The number of anilines is 1. The fourth-order valence-corrected chi connectivity index (χ4v) is 4.42. The topological polar surface area (TPSA) is 68.0 Å². The number of amides is 1. The zero-order chi connectivity index (χ0) is 22.4. The Bertz CT molecular complexity index is 907. The number of carbonyl (C=O) groups is 1. The molecule has 170 valence electrons. The van der Waals surface area contributed by atoms with E-state index in [0.29, 0.717) is 37.4 Å². The molecule has 31 heavy (non-hydrogen) atoms. The number of piperidine rings is 1. The number of fused-ring (bicyclic) bond motifs is 1. The molecule has 0 aliphatic carbocycles. The van der Waals surface area contributed by atoms with Gasteiger partial charge in [0.2, 0.25) is 5.91 Å². The maximum Gasteiger partial charge on any atom is 0.410 e. The number of nitrogens with one attached hydrogen (secondary N) is 1. The number of alkyl halides is 3. The molecule has 0 unspecified atom stereocenters. The number of halogens is 3. The molecule has 10 heteroatoms. The van der Waals surface area contributed by atoms with Crippen LogP contribution in [0.4, 0.5) is 19.0 Å². The van der Waals surface area contributed by atoms with Gasteiger partial charge in [-0.1, -0.05) is 20.8 Å². The average molecular weight is 438 g/mol. The third-order valence-corrected chi connectivity index (χ3v) is 6.38. The average Bonchev–Trinajstić information content (AvgIpc) is 3.35. The molecule has 2 aromatic rings. The summed E-state index contributed by atoms with van der Waals surface area (Å²) in [6.45, 7) is 7.16. The summed E-state index contributed by atoms with van der Waals surface area (Å²) in [6, 6.07) is 1.62. The smallest absolute Gasteiger partial charge is 0.367 e. The molecule has 1 saturated heterocycles. The van der Waals surface area contributed by atoms with Crippen molar-refractivity contribution in [3.63, 3.8) is 0 Å². The van der Waals surface area contributed by atoms with Gasteiger partial charge >= 0.3 is 6.18 Å². The number of rotatable bonds is 3. The van der Waals surface area contributed by atoms with Crippen molar-refractivity contribution in [2.24, 2.45) is 5.41 Å². The van der Waals surface area contributed by atoms with Crippen molar-refractivity contribution in [2.45, 2.75) is 70.8 Å². The molecule has 2 aromatic heterocycles. The largest absolute Gasteiger partial charge is 0.410 e. The molecular weight excluding hydrogens is 409 g/mol. The Morgan fingerprint density at radius 3 is 2.52 bits per heavy atom. The molecule has 2 atom stereocenters. The van der Waals surface area contributed by atoms with Gasteiger partial charge in [0.05, 0.1) is 5.69 Å². The van der Waals surface area contributed by atoms with Crippen molar-refractivity contribution in [3.05, 3.63) is 30.2 Å². The van der Waals surface area contributed by atoms with Gasteiger partial charge in [0.1, 0.15) is 12.4 Å². The highest BCUT2D eigenvalue weighted by molar-refractivity contribution is 5.76. The van der Waals surface area contributed by atoms with E-state index in [9.17, 15) is 18.0 Å². The lowest BCUT2D eigenvalue weighted by atomic mass is 9.82. The van der Waals surface area contributed by atoms with Gasteiger partial charge in [-0.15, -0.1) is 0 Å². The maximum atomic E-state index is 13.8. The van der Waals surface area contributed by atoms with Gasteiger partial charge in [0.15, 0.2) is 6.04 Å². The van der Waals surface area contributed by atoms with Crippen molar-refractivity contribution < 1.29 is 18.0 Å². The van der Waals surface area contributed by atoms with Crippen LogP contribution in [0.25, 0.3) is 0 Å². The third-order valence-electron chi connectivity index (χ3n) is 6.38. The summed E-state index contributed by atoms with van der Waals surface area (Å²) in [7, 11) is 0. The van der Waals surface area contributed by atoms with Gasteiger partial charge < -0.3 is 10.2 Å². The highest BCUT2D eigenvalue weighted by Crippen LogP contribution is 2.44. The van der Waals surface area contributed by atoms with Crippen molar-refractivity contribution in [3.8, 4) is 0 Å². The van der Waals surface area contributed by atoms with Crippen LogP contribution in [0.5, 0.6) is 0 Å². The summed E-state index contributed by atoms with van der Waals surface area (Å²) in [5.41, 5.74) is 0.366. The number of likely N-dealkylation sites (tertiary alicyclic amines) is 1. The van der Waals surface area contributed by atoms with Gasteiger partial charge in [0, 0.05) is 43.5 Å². The van der Waals surface area contributed by atoms with E-state index < -0.39 is 12.2 Å². The van der Waals surface area contributed by atoms with Crippen LogP contribution in [0.2, 0.25) is 0 Å². The van der Waals surface area contributed by atoms with Crippen LogP contribution in [-0.4, -0.2) is 55.7 Å². The number of carbonyl (C=O) groups excluding carboxylic acids is 1. The minimum atomic E-state index is -4.36. The summed E-state index contributed by atoms with van der Waals surface area (Å²) >= 11 is 0. The fourth-order valence-electron chi connectivity index (χ4n) is 4.42. The first kappa shape index (κ1) is 21.7. The zero-order valence-electron chi connectivity index (χ0n) is 18.1. The van der Waals surface area contributed by atoms with Gasteiger partial charge in [-0.25, -0.2) is 4.68 Å². The number of hydrogen-bond acceptors (Lipinski definition) is 4. The Labute approximate surface area is 179 Å². The quantitative estimate of drug-likeness (QED) is 0.791. The Balaban J connectivity index is 1.46. The Morgan fingerprint density at radius 2 is 1.94 bits per heavy atom. The molecule has 0 bridgehead atoms. The van der Waals surface area contributed by atoms with Crippen molar-refractivity contribution >= 4 is 11.7 Å². The molecular formula is C21H29F3N6O. The molecule has 4 heterocycles. The molecule has 1 amide bonds. The van der Waals surface area contributed by atoms with Crippen LogP contribution in [0, 0.1) is 5.41 Å². The lowest BCUT2D eigenvalue weighted by molar-refractivity contribution is -0.175. The van der Waals surface area contributed by atoms with Crippen LogP contribution in [0.1, 0.15) is 57.7 Å². The van der Waals surface area contributed by atoms with Crippen molar-refractivity contribution in [2.75, 3.05) is 18.4 Å². The van der Waals surface area contributed by atoms with Crippen molar-refractivity contribution in [1.29, 1.82) is 0 Å². The Morgan fingerprint density at radius 1 is 1.23 bits per heavy atom. The first-order valence-electron chi connectivity index (χ1n) is 10.7. The predicted molar refractivity (Wildman–Crippen MR) is 110 cm³/mol. The second kappa shape index (κ2) is 7.87. The van der Waals surface area contributed by atoms with E-state index in [0.717, 1.165) is 4.68 Å². The summed E-state index contributed by atoms with van der Waals surface area (Å²) in [5.74, 6) is 0.467. The summed E-state index contributed by atoms with van der Waals surface area (Å²) in [6.07, 6.45) is 0.344. The van der Waals surface area contributed by atoms with Crippen LogP contribution < -0.4 is 5.32 Å². The van der Waals surface area contributed by atoms with E-state index >= 15 is 0 Å². The maximum absolute atomic E-state index is 13.8. The summed E-state index contributed by atoms with van der Waals surface area (Å²) in [5, 5.41) is 11.7. The molecule has 0 radical (unpaired) electrons. The van der Waals surface area contributed by atoms with E-state index in [1.807, 2.05) is 20.8 Å². The molecule has 0 spiro atoms. The predicted octanol–water partition coefficient (Wildman–Crippen LogP) is 3.82. The molecule has 1 fully saturated rings. The standard InChI is InChI=1S/C21H29F3N6O/c1-20(2,3)16-12-17(21(22,23)24)30-18(26-16)11-15(27-30)14-5-9-28(10-6-14)19(31)13-29-8-4-7-25-29/h4,7-8,11,14,16-17,26H,5-6,9-10,12-13H2,1-3H3/t16-,17+/m0/s1. The minimum Gasteiger partial charge on any atom is -0.367 e. The van der Waals surface area contributed by atoms with E-state index in [1.54, 1.807) is 34.1 Å². The molecule has 1 N–H and O–H groups in total. The summed E-state index contributed by atoms with van der Waals surface area (Å²) < 4.78 is 44.1. The van der Waals surface area contributed by atoms with Gasteiger partial charge in [0.25, 0.3) is 0 Å². The van der Waals surface area contributed by atoms with Crippen LogP contribution in [0.3, 0.4) is 0 Å². The first-order valence-corrected chi connectivity index (χ1v) is 10.7. The number of aromatic nitrogens is 4. The Hall–Kier alpha value is -2.52. The van der Waals surface area contributed by atoms with Crippen LogP contribution >= 0.6 is 0 Å². The first-order chi connectivity index (χ1) is 14.5.